The second kappa shape index (κ2) is 9.13. The van der Waals surface area contributed by atoms with Gasteiger partial charge in [0.2, 0.25) is 5.91 Å². The highest BCUT2D eigenvalue weighted by Gasteiger charge is 2.11. The quantitative estimate of drug-likeness (QED) is 0.609. The first-order valence-corrected chi connectivity index (χ1v) is 9.42. The maximum atomic E-state index is 12.3. The van der Waals surface area contributed by atoms with Gasteiger partial charge in [0.1, 0.15) is 0 Å². The van der Waals surface area contributed by atoms with Gasteiger partial charge in [-0.15, -0.1) is 0 Å². The van der Waals surface area contributed by atoms with E-state index in [4.69, 9.17) is 0 Å². The number of nitrogens with zero attached hydrogens (tertiary/aromatic N) is 2. The van der Waals surface area contributed by atoms with Gasteiger partial charge >= 0.3 is 0 Å². The Balaban J connectivity index is 1.52. The van der Waals surface area contributed by atoms with Gasteiger partial charge in [0.05, 0.1) is 6.33 Å². The molecule has 0 radical (unpaired) electrons. The summed E-state index contributed by atoms with van der Waals surface area (Å²) in [6.07, 6.45) is 5.83. The molecule has 1 heterocycles. The lowest BCUT2D eigenvalue weighted by molar-refractivity contribution is -0.121. The minimum absolute atomic E-state index is 0.00115. The first-order valence-electron chi connectivity index (χ1n) is 9.42. The molecule has 0 spiro atoms. The molecule has 2 aromatic carbocycles. The molecule has 0 saturated carbocycles. The summed E-state index contributed by atoms with van der Waals surface area (Å²) in [4.78, 5) is 28.6. The number of benzene rings is 2. The Morgan fingerprint density at radius 3 is 2.50 bits per heavy atom. The average molecular weight is 375 g/mol. The van der Waals surface area contributed by atoms with Crippen molar-refractivity contribution in [2.45, 2.75) is 39.8 Å². The summed E-state index contributed by atoms with van der Waals surface area (Å²) in [5, 5.41) is 2.93. The monoisotopic (exact) mass is 375 g/mol. The van der Waals surface area contributed by atoms with E-state index >= 15 is 0 Å². The molecule has 0 saturated heterocycles. The van der Waals surface area contributed by atoms with Crippen LogP contribution in [0.5, 0.6) is 0 Å². The van der Waals surface area contributed by atoms with E-state index in [0.717, 1.165) is 22.3 Å². The molecule has 5 heteroatoms. The van der Waals surface area contributed by atoms with Gasteiger partial charge in [-0.3, -0.25) is 9.59 Å². The number of Topliss-reactive ketones (excluding diaryl/α,β-unsaturated/α-hetero) is 1. The van der Waals surface area contributed by atoms with Gasteiger partial charge in [0.25, 0.3) is 0 Å². The number of hydrogen-bond donors (Lipinski definition) is 1. The first kappa shape index (κ1) is 19.5. The summed E-state index contributed by atoms with van der Waals surface area (Å²) >= 11 is 0. The van der Waals surface area contributed by atoms with Crippen LogP contribution < -0.4 is 5.32 Å². The molecule has 28 heavy (non-hydrogen) atoms. The average Bonchev–Trinajstić information content (AvgIpc) is 3.20. The fraction of sp³-hybridized carbons (Fsp3) is 0.261. The number of hydrogen-bond acceptors (Lipinski definition) is 3. The fourth-order valence-electron chi connectivity index (χ4n) is 3.03. The Hall–Kier alpha value is -3.21. The summed E-state index contributed by atoms with van der Waals surface area (Å²) in [6.45, 7) is 5.15. The molecule has 0 bridgehead atoms. The van der Waals surface area contributed by atoms with Crippen LogP contribution in [-0.4, -0.2) is 21.2 Å². The van der Waals surface area contributed by atoms with Gasteiger partial charge in [-0.1, -0.05) is 36.4 Å². The normalized spacial score (nSPS) is 10.6. The third kappa shape index (κ3) is 5.16. The minimum Gasteiger partial charge on any atom is -0.352 e. The molecule has 1 N–H and O–H groups in total. The number of ketones is 1. The molecule has 0 aliphatic carbocycles. The molecule has 0 atom stereocenters. The molecule has 144 valence electrons. The van der Waals surface area contributed by atoms with E-state index in [1.807, 2.05) is 67.1 Å². The number of nitrogens with one attached hydrogen (secondary N) is 1. The minimum atomic E-state index is -0.116. The van der Waals surface area contributed by atoms with Crippen molar-refractivity contribution in [3.05, 3.63) is 89.0 Å². The number of amides is 1. The summed E-state index contributed by atoms with van der Waals surface area (Å²) in [5.41, 5.74) is 5.10. The number of aromatic nitrogens is 2. The lowest BCUT2D eigenvalue weighted by Crippen LogP contribution is -2.24. The molecule has 1 aromatic heterocycles. The zero-order chi connectivity index (χ0) is 19.9. The predicted octanol–water partition coefficient (Wildman–Crippen LogP) is 3.83. The molecule has 5 nitrogen and oxygen atoms in total. The summed E-state index contributed by atoms with van der Waals surface area (Å²) in [5.74, 6) is -0.117. The number of imidazole rings is 1. The van der Waals surface area contributed by atoms with Crippen molar-refractivity contribution in [3.8, 4) is 0 Å². The zero-order valence-electron chi connectivity index (χ0n) is 16.3. The third-order valence-corrected chi connectivity index (χ3v) is 4.91. The highest BCUT2D eigenvalue weighted by atomic mass is 16.2. The van der Waals surface area contributed by atoms with Crippen LogP contribution in [0.2, 0.25) is 0 Å². The third-order valence-electron chi connectivity index (χ3n) is 4.91. The van der Waals surface area contributed by atoms with Crippen molar-refractivity contribution in [1.29, 1.82) is 0 Å². The Kier molecular flexibility index (Phi) is 6.37. The van der Waals surface area contributed by atoms with Crippen molar-refractivity contribution in [2.75, 3.05) is 0 Å². The van der Waals surface area contributed by atoms with Crippen LogP contribution in [0.4, 0.5) is 0 Å². The van der Waals surface area contributed by atoms with Crippen LogP contribution in [0.3, 0.4) is 0 Å². The molecular formula is C23H25N3O2. The highest BCUT2D eigenvalue weighted by molar-refractivity contribution is 5.98. The van der Waals surface area contributed by atoms with Crippen LogP contribution >= 0.6 is 0 Å². The summed E-state index contributed by atoms with van der Waals surface area (Å²) < 4.78 is 1.99. The zero-order valence-corrected chi connectivity index (χ0v) is 16.3. The summed E-state index contributed by atoms with van der Waals surface area (Å²) in [7, 11) is 0. The van der Waals surface area contributed by atoms with Crippen molar-refractivity contribution in [2.24, 2.45) is 0 Å². The second-order valence-electron chi connectivity index (χ2n) is 7.00. The highest BCUT2D eigenvalue weighted by Crippen LogP contribution is 2.13. The lowest BCUT2D eigenvalue weighted by Gasteiger charge is -2.11. The maximum absolute atomic E-state index is 12.3. The van der Waals surface area contributed by atoms with Gasteiger partial charge in [0.15, 0.2) is 5.78 Å². The fourth-order valence-corrected chi connectivity index (χ4v) is 3.03. The Labute approximate surface area is 165 Å². The molecular weight excluding hydrogens is 350 g/mol. The number of rotatable bonds is 8. The van der Waals surface area contributed by atoms with Gasteiger partial charge in [0, 0.05) is 43.9 Å². The first-order chi connectivity index (χ1) is 13.5. The van der Waals surface area contributed by atoms with E-state index in [1.165, 1.54) is 0 Å². The second-order valence-corrected chi connectivity index (χ2v) is 7.00. The smallest absolute Gasteiger partial charge is 0.220 e. The van der Waals surface area contributed by atoms with Crippen LogP contribution in [-0.2, 0) is 17.9 Å². The van der Waals surface area contributed by atoms with Gasteiger partial charge in [-0.25, -0.2) is 4.98 Å². The van der Waals surface area contributed by atoms with E-state index in [2.05, 4.69) is 10.3 Å². The van der Waals surface area contributed by atoms with Crippen LogP contribution in [0, 0.1) is 13.8 Å². The topological polar surface area (TPSA) is 64.0 Å². The number of aryl methyl sites for hydroxylation is 2. The standard InChI is InChI=1S/C23H25N3O2/c1-17-7-8-19(13-18(17)2)22(27)9-10-23(28)25-14-20-5-3-4-6-21(20)15-26-12-11-24-16-26/h3-8,11-13,16H,9-10,14-15H2,1-2H3,(H,25,28). The maximum Gasteiger partial charge on any atom is 0.220 e. The molecule has 0 unspecified atom stereocenters. The van der Waals surface area contributed by atoms with Crippen molar-refractivity contribution >= 4 is 11.7 Å². The van der Waals surface area contributed by atoms with Crippen molar-refractivity contribution < 1.29 is 9.59 Å². The molecule has 0 aliphatic rings. The van der Waals surface area contributed by atoms with Gasteiger partial charge in [-0.2, -0.15) is 0 Å². The summed E-state index contributed by atoms with van der Waals surface area (Å²) in [6, 6.07) is 13.7. The van der Waals surface area contributed by atoms with Crippen molar-refractivity contribution in [1.82, 2.24) is 14.9 Å². The van der Waals surface area contributed by atoms with Gasteiger partial charge < -0.3 is 9.88 Å². The largest absolute Gasteiger partial charge is 0.352 e. The van der Waals surface area contributed by atoms with Crippen LogP contribution in [0.25, 0.3) is 0 Å². The van der Waals surface area contributed by atoms with Gasteiger partial charge in [-0.05, 0) is 42.2 Å². The van der Waals surface area contributed by atoms with Crippen LogP contribution in [0.1, 0.15) is 45.5 Å². The Morgan fingerprint density at radius 1 is 1.00 bits per heavy atom. The SMILES string of the molecule is Cc1ccc(C(=O)CCC(=O)NCc2ccccc2Cn2ccnc2)cc1C. The number of carbonyl (C=O) groups excluding carboxylic acids is 2. The van der Waals surface area contributed by atoms with E-state index < -0.39 is 0 Å². The Morgan fingerprint density at radius 2 is 1.79 bits per heavy atom. The van der Waals surface area contributed by atoms with E-state index in [9.17, 15) is 9.59 Å². The predicted molar refractivity (Wildman–Crippen MR) is 109 cm³/mol. The van der Waals surface area contributed by atoms with Crippen LogP contribution in [0.15, 0.2) is 61.2 Å². The lowest BCUT2D eigenvalue weighted by atomic mass is 10.0. The molecule has 3 aromatic rings. The van der Waals surface area contributed by atoms with E-state index in [-0.39, 0.29) is 24.5 Å². The molecule has 1 amide bonds. The Bertz CT molecular complexity index is 962. The molecule has 0 fully saturated rings. The van der Waals surface area contributed by atoms with E-state index in [1.54, 1.807) is 12.5 Å². The van der Waals surface area contributed by atoms with E-state index in [0.29, 0.717) is 18.7 Å². The molecule has 0 aliphatic heterocycles. The number of carbonyl (C=O) groups is 2. The molecule has 3 rings (SSSR count). The van der Waals surface area contributed by atoms with Crippen molar-refractivity contribution in [3.63, 3.8) is 0 Å².